The number of hydrogen-bond donors (Lipinski definition) is 1. The molecule has 0 bridgehead atoms. The van der Waals surface area contributed by atoms with Crippen LogP contribution in [-0.2, 0) is 10.0 Å². The van der Waals surface area contributed by atoms with Gasteiger partial charge in [0.1, 0.15) is 0 Å². The van der Waals surface area contributed by atoms with Crippen molar-refractivity contribution in [3.05, 3.63) is 53.6 Å². The number of piperazine rings is 1. The van der Waals surface area contributed by atoms with Gasteiger partial charge in [-0.3, -0.25) is 4.79 Å². The number of ether oxygens (including phenoxy) is 2. The van der Waals surface area contributed by atoms with E-state index in [0.29, 0.717) is 17.1 Å². The Balaban J connectivity index is 1.70. The Labute approximate surface area is 174 Å². The zero-order valence-corrected chi connectivity index (χ0v) is 17.4. The van der Waals surface area contributed by atoms with Gasteiger partial charge in [0.15, 0.2) is 11.5 Å². The highest BCUT2D eigenvalue weighted by Gasteiger charge is 2.31. The van der Waals surface area contributed by atoms with E-state index in [2.05, 4.69) is 0 Å². The lowest BCUT2D eigenvalue weighted by Gasteiger charge is -2.34. The van der Waals surface area contributed by atoms with Gasteiger partial charge in [-0.2, -0.15) is 4.31 Å². The van der Waals surface area contributed by atoms with Crippen LogP contribution in [0.15, 0.2) is 47.4 Å². The number of hydrogen-bond acceptors (Lipinski definition) is 6. The number of methoxy groups -OCH3 is 2. The number of benzene rings is 2. The molecule has 0 unspecified atom stereocenters. The molecule has 1 fully saturated rings. The third kappa shape index (κ3) is 4.24. The fraction of sp³-hybridized carbons (Fsp3) is 0.300. The lowest BCUT2D eigenvalue weighted by molar-refractivity contribution is 0.0684. The summed E-state index contributed by atoms with van der Waals surface area (Å²) in [5, 5.41) is 8.95. The maximum absolute atomic E-state index is 13.0. The summed E-state index contributed by atoms with van der Waals surface area (Å²) in [7, 11) is -0.852. The van der Waals surface area contributed by atoms with Crippen molar-refractivity contribution in [2.75, 3.05) is 40.4 Å². The predicted octanol–water partition coefficient (Wildman–Crippen LogP) is 1.55. The molecule has 9 nitrogen and oxygen atoms in total. The molecule has 10 heteroatoms. The van der Waals surface area contributed by atoms with E-state index in [1.54, 1.807) is 4.90 Å². The van der Waals surface area contributed by atoms with Crippen molar-refractivity contribution in [1.82, 2.24) is 9.21 Å². The molecule has 30 heavy (non-hydrogen) atoms. The number of sulfonamides is 1. The minimum atomic E-state index is -3.75. The molecule has 1 aliphatic heterocycles. The van der Waals surface area contributed by atoms with Gasteiger partial charge in [0, 0.05) is 37.8 Å². The van der Waals surface area contributed by atoms with Gasteiger partial charge in [0.05, 0.1) is 24.7 Å². The summed E-state index contributed by atoms with van der Waals surface area (Å²) in [4.78, 5) is 25.2. The van der Waals surface area contributed by atoms with Crippen LogP contribution in [-0.4, -0.2) is 75.0 Å². The molecular formula is C20H22N2O7S. The fourth-order valence-electron chi connectivity index (χ4n) is 3.20. The number of carbonyl (C=O) groups excluding carboxylic acids is 1. The second-order valence-corrected chi connectivity index (χ2v) is 8.53. The van der Waals surface area contributed by atoms with Crippen molar-refractivity contribution < 1.29 is 32.6 Å². The maximum atomic E-state index is 13.0. The molecule has 0 radical (unpaired) electrons. The minimum Gasteiger partial charge on any atom is -0.493 e. The van der Waals surface area contributed by atoms with Crippen molar-refractivity contribution in [2.45, 2.75) is 4.90 Å². The number of aromatic carboxylic acids is 1. The van der Waals surface area contributed by atoms with E-state index in [-0.39, 0.29) is 42.5 Å². The normalized spacial score (nSPS) is 14.9. The van der Waals surface area contributed by atoms with Gasteiger partial charge in [0.25, 0.3) is 5.91 Å². The van der Waals surface area contributed by atoms with Crippen LogP contribution in [0, 0.1) is 0 Å². The molecule has 1 N–H and O–H groups in total. The van der Waals surface area contributed by atoms with E-state index in [0.717, 1.165) is 0 Å². The van der Waals surface area contributed by atoms with E-state index in [1.807, 2.05) is 0 Å². The van der Waals surface area contributed by atoms with Crippen molar-refractivity contribution >= 4 is 21.9 Å². The Morgan fingerprint density at radius 2 is 1.43 bits per heavy atom. The van der Waals surface area contributed by atoms with Crippen LogP contribution in [0.3, 0.4) is 0 Å². The summed E-state index contributed by atoms with van der Waals surface area (Å²) in [6, 6.07) is 10.1. The smallest absolute Gasteiger partial charge is 0.335 e. The number of rotatable bonds is 6. The topological polar surface area (TPSA) is 113 Å². The standard InChI is InChI=1S/C20H22N2O7S/c1-28-17-8-7-16(13-18(17)29-2)30(26,27)22-11-9-21(10-12-22)19(23)14-3-5-15(6-4-14)20(24)25/h3-8,13H,9-12H2,1-2H3,(H,24,25). The SMILES string of the molecule is COc1ccc(S(=O)(=O)N2CCN(C(=O)c3ccc(C(=O)O)cc3)CC2)cc1OC. The van der Waals surface area contributed by atoms with E-state index in [9.17, 15) is 18.0 Å². The summed E-state index contributed by atoms with van der Waals surface area (Å²) in [6.07, 6.45) is 0. The lowest BCUT2D eigenvalue weighted by Crippen LogP contribution is -2.50. The van der Waals surface area contributed by atoms with E-state index in [1.165, 1.54) is 61.0 Å². The summed E-state index contributed by atoms with van der Waals surface area (Å²) in [6.45, 7) is 0.753. The van der Waals surface area contributed by atoms with Gasteiger partial charge in [0.2, 0.25) is 10.0 Å². The van der Waals surface area contributed by atoms with Gasteiger partial charge in [-0.25, -0.2) is 13.2 Å². The largest absolute Gasteiger partial charge is 0.493 e. The Hall–Kier alpha value is -3.11. The van der Waals surface area contributed by atoms with Gasteiger partial charge >= 0.3 is 5.97 Å². The Morgan fingerprint density at radius 1 is 0.867 bits per heavy atom. The molecule has 0 atom stereocenters. The average Bonchev–Trinajstić information content (AvgIpc) is 2.78. The van der Waals surface area contributed by atoms with Crippen LogP contribution >= 0.6 is 0 Å². The molecule has 160 valence electrons. The molecule has 1 saturated heterocycles. The molecule has 0 spiro atoms. The van der Waals surface area contributed by atoms with Crippen molar-refractivity contribution in [2.24, 2.45) is 0 Å². The highest BCUT2D eigenvalue weighted by atomic mass is 32.2. The first-order chi connectivity index (χ1) is 14.3. The summed E-state index contributed by atoms with van der Waals surface area (Å²) in [5.74, 6) is -0.587. The minimum absolute atomic E-state index is 0.0872. The van der Waals surface area contributed by atoms with Gasteiger partial charge in [-0.15, -0.1) is 0 Å². The van der Waals surface area contributed by atoms with E-state index in [4.69, 9.17) is 14.6 Å². The number of amides is 1. The zero-order valence-electron chi connectivity index (χ0n) is 16.6. The third-order valence-corrected chi connectivity index (χ3v) is 6.79. The number of nitrogens with zero attached hydrogens (tertiary/aromatic N) is 2. The van der Waals surface area contributed by atoms with Crippen LogP contribution in [0.1, 0.15) is 20.7 Å². The van der Waals surface area contributed by atoms with Crippen LogP contribution in [0.4, 0.5) is 0 Å². The quantitative estimate of drug-likeness (QED) is 0.734. The Kier molecular flexibility index (Phi) is 6.28. The van der Waals surface area contributed by atoms with E-state index >= 15 is 0 Å². The lowest BCUT2D eigenvalue weighted by atomic mass is 10.1. The Bertz CT molecular complexity index is 1040. The second kappa shape index (κ2) is 8.72. The molecule has 3 rings (SSSR count). The average molecular weight is 434 g/mol. The van der Waals surface area contributed by atoms with Crippen molar-refractivity contribution in [1.29, 1.82) is 0 Å². The van der Waals surface area contributed by atoms with Crippen LogP contribution in [0.5, 0.6) is 11.5 Å². The number of carboxylic acids is 1. The summed E-state index contributed by atoms with van der Waals surface area (Å²) >= 11 is 0. The molecule has 0 aromatic heterocycles. The first-order valence-electron chi connectivity index (χ1n) is 9.12. The molecule has 1 aliphatic rings. The number of carbonyl (C=O) groups is 2. The highest BCUT2D eigenvalue weighted by Crippen LogP contribution is 2.31. The monoisotopic (exact) mass is 434 g/mol. The van der Waals surface area contributed by atoms with Gasteiger partial charge in [-0.1, -0.05) is 0 Å². The van der Waals surface area contributed by atoms with Crippen LogP contribution < -0.4 is 9.47 Å². The Morgan fingerprint density at radius 3 is 1.97 bits per heavy atom. The summed E-state index contributed by atoms with van der Waals surface area (Å²) < 4.78 is 37.6. The molecule has 1 amide bonds. The predicted molar refractivity (Wildman–Crippen MR) is 108 cm³/mol. The zero-order chi connectivity index (χ0) is 21.9. The molecule has 1 heterocycles. The maximum Gasteiger partial charge on any atom is 0.335 e. The molecular weight excluding hydrogens is 412 g/mol. The van der Waals surface area contributed by atoms with Crippen molar-refractivity contribution in [3.63, 3.8) is 0 Å². The molecule has 0 aliphatic carbocycles. The third-order valence-electron chi connectivity index (χ3n) is 4.90. The first kappa shape index (κ1) is 21.6. The molecule has 0 saturated carbocycles. The highest BCUT2D eigenvalue weighted by molar-refractivity contribution is 7.89. The first-order valence-corrected chi connectivity index (χ1v) is 10.6. The fourth-order valence-corrected chi connectivity index (χ4v) is 4.63. The molecule has 2 aromatic rings. The summed E-state index contributed by atoms with van der Waals surface area (Å²) in [5.41, 5.74) is 0.452. The van der Waals surface area contributed by atoms with Gasteiger partial charge < -0.3 is 19.5 Å². The van der Waals surface area contributed by atoms with Crippen LogP contribution in [0.25, 0.3) is 0 Å². The van der Waals surface area contributed by atoms with Gasteiger partial charge in [-0.05, 0) is 36.4 Å². The van der Waals surface area contributed by atoms with E-state index < -0.39 is 16.0 Å². The van der Waals surface area contributed by atoms with Crippen molar-refractivity contribution in [3.8, 4) is 11.5 Å². The van der Waals surface area contributed by atoms with Crippen LogP contribution in [0.2, 0.25) is 0 Å². The second-order valence-electron chi connectivity index (χ2n) is 6.60. The molecule has 2 aromatic carbocycles. The number of carboxylic acid groups (broad SMARTS) is 1.